The Morgan fingerprint density at radius 3 is 2.39 bits per heavy atom. The zero-order chi connectivity index (χ0) is 12.8. The van der Waals surface area contributed by atoms with Gasteiger partial charge >= 0.3 is 0 Å². The minimum atomic E-state index is -0.227. The molecule has 0 bridgehead atoms. The van der Waals surface area contributed by atoms with Crippen LogP contribution in [-0.2, 0) is 0 Å². The third-order valence-electron chi connectivity index (χ3n) is 2.29. The van der Waals surface area contributed by atoms with E-state index in [0.717, 1.165) is 10.0 Å². The molecule has 0 atom stereocenters. The molecule has 1 amide bonds. The lowest BCUT2D eigenvalue weighted by molar-refractivity contribution is 0.0955. The van der Waals surface area contributed by atoms with Gasteiger partial charge in [-0.3, -0.25) is 4.79 Å². The van der Waals surface area contributed by atoms with E-state index in [4.69, 9.17) is 0 Å². The Kier molecular flexibility index (Phi) is 4.25. The number of rotatable bonds is 3. The van der Waals surface area contributed by atoms with E-state index in [1.165, 1.54) is 0 Å². The van der Waals surface area contributed by atoms with Gasteiger partial charge in [0.05, 0.1) is 6.21 Å². The third kappa shape index (κ3) is 3.53. The average molecular weight is 303 g/mol. The molecule has 4 heteroatoms. The predicted molar refractivity (Wildman–Crippen MR) is 75.6 cm³/mol. The molecular formula is C14H11BrN2O. The molecule has 0 spiro atoms. The van der Waals surface area contributed by atoms with Gasteiger partial charge in [-0.05, 0) is 29.8 Å². The van der Waals surface area contributed by atoms with E-state index in [-0.39, 0.29) is 5.91 Å². The first-order valence-electron chi connectivity index (χ1n) is 5.40. The number of hydrogen-bond acceptors (Lipinski definition) is 2. The molecule has 2 aromatic rings. The first kappa shape index (κ1) is 12.5. The van der Waals surface area contributed by atoms with E-state index < -0.39 is 0 Å². The van der Waals surface area contributed by atoms with Crippen LogP contribution in [0, 0.1) is 0 Å². The summed E-state index contributed by atoms with van der Waals surface area (Å²) in [5.74, 6) is -0.227. The molecule has 2 rings (SSSR count). The van der Waals surface area contributed by atoms with Crippen molar-refractivity contribution in [3.63, 3.8) is 0 Å². The molecule has 90 valence electrons. The van der Waals surface area contributed by atoms with Gasteiger partial charge in [-0.1, -0.05) is 46.3 Å². The third-order valence-corrected chi connectivity index (χ3v) is 2.81. The molecule has 0 saturated heterocycles. The quantitative estimate of drug-likeness (QED) is 0.686. The highest BCUT2D eigenvalue weighted by Crippen LogP contribution is 2.10. The van der Waals surface area contributed by atoms with Crippen LogP contribution >= 0.6 is 15.9 Å². The lowest BCUT2D eigenvalue weighted by Gasteiger charge is -1.99. The first-order valence-corrected chi connectivity index (χ1v) is 6.19. The van der Waals surface area contributed by atoms with Gasteiger partial charge in [0, 0.05) is 10.0 Å². The Labute approximate surface area is 114 Å². The zero-order valence-electron chi connectivity index (χ0n) is 9.51. The SMILES string of the molecule is O=C(N/N=C/c1ccccc1)c1ccc(Br)cc1. The fourth-order valence-electron chi connectivity index (χ4n) is 1.37. The van der Waals surface area contributed by atoms with Crippen LogP contribution in [0.2, 0.25) is 0 Å². The largest absolute Gasteiger partial charge is 0.271 e. The number of halogens is 1. The van der Waals surface area contributed by atoms with Crippen molar-refractivity contribution in [1.29, 1.82) is 0 Å². The van der Waals surface area contributed by atoms with Crippen molar-refractivity contribution >= 4 is 28.1 Å². The number of hydrogen-bond donors (Lipinski definition) is 1. The van der Waals surface area contributed by atoms with Crippen LogP contribution < -0.4 is 5.43 Å². The van der Waals surface area contributed by atoms with Gasteiger partial charge < -0.3 is 0 Å². The Balaban J connectivity index is 1.96. The summed E-state index contributed by atoms with van der Waals surface area (Å²) in [6.07, 6.45) is 1.61. The van der Waals surface area contributed by atoms with Crippen LogP contribution in [0.4, 0.5) is 0 Å². The average Bonchev–Trinajstić information content (AvgIpc) is 2.40. The van der Waals surface area contributed by atoms with E-state index in [9.17, 15) is 4.79 Å². The van der Waals surface area contributed by atoms with Gasteiger partial charge in [-0.2, -0.15) is 5.10 Å². The molecule has 0 aliphatic carbocycles. The highest BCUT2D eigenvalue weighted by Gasteiger charge is 2.02. The maximum atomic E-state index is 11.7. The molecule has 18 heavy (non-hydrogen) atoms. The normalized spacial score (nSPS) is 10.5. The fourth-order valence-corrected chi connectivity index (χ4v) is 1.63. The van der Waals surface area contributed by atoms with Gasteiger partial charge in [0.2, 0.25) is 0 Å². The molecule has 0 aromatic heterocycles. The van der Waals surface area contributed by atoms with Gasteiger partial charge in [0.1, 0.15) is 0 Å². The van der Waals surface area contributed by atoms with Crippen LogP contribution in [0.1, 0.15) is 15.9 Å². The van der Waals surface area contributed by atoms with Crippen molar-refractivity contribution in [1.82, 2.24) is 5.43 Å². The molecular weight excluding hydrogens is 292 g/mol. The van der Waals surface area contributed by atoms with Gasteiger partial charge in [0.25, 0.3) is 5.91 Å². The van der Waals surface area contributed by atoms with Crippen molar-refractivity contribution in [3.05, 3.63) is 70.2 Å². The van der Waals surface area contributed by atoms with Crippen molar-refractivity contribution in [2.45, 2.75) is 0 Å². The van der Waals surface area contributed by atoms with Crippen molar-refractivity contribution in [2.75, 3.05) is 0 Å². The number of carbonyl (C=O) groups is 1. The molecule has 2 aromatic carbocycles. The second-order valence-corrected chi connectivity index (χ2v) is 4.53. The van der Waals surface area contributed by atoms with Gasteiger partial charge in [-0.15, -0.1) is 0 Å². The van der Waals surface area contributed by atoms with Gasteiger partial charge in [0.15, 0.2) is 0 Å². The Hall–Kier alpha value is -1.94. The minimum absolute atomic E-state index is 0.227. The standard InChI is InChI=1S/C14H11BrN2O/c15-13-8-6-12(7-9-13)14(18)17-16-10-11-4-2-1-3-5-11/h1-10H,(H,17,18)/b16-10+. The highest BCUT2D eigenvalue weighted by atomic mass is 79.9. The van der Waals surface area contributed by atoms with Crippen LogP contribution in [-0.4, -0.2) is 12.1 Å². The summed E-state index contributed by atoms with van der Waals surface area (Å²) in [6.45, 7) is 0. The molecule has 0 heterocycles. The maximum Gasteiger partial charge on any atom is 0.271 e. The smallest absolute Gasteiger partial charge is 0.267 e. The van der Waals surface area contributed by atoms with E-state index in [2.05, 4.69) is 26.5 Å². The first-order chi connectivity index (χ1) is 8.75. The molecule has 0 aliphatic rings. The number of nitrogens with zero attached hydrogens (tertiary/aromatic N) is 1. The summed E-state index contributed by atoms with van der Waals surface area (Å²) in [7, 11) is 0. The predicted octanol–water partition coefficient (Wildman–Crippen LogP) is 3.21. The summed E-state index contributed by atoms with van der Waals surface area (Å²) in [6, 6.07) is 16.7. The summed E-state index contributed by atoms with van der Waals surface area (Å²) >= 11 is 3.32. The Morgan fingerprint density at radius 1 is 1.06 bits per heavy atom. The van der Waals surface area contributed by atoms with Crippen LogP contribution in [0.3, 0.4) is 0 Å². The van der Waals surface area contributed by atoms with Crippen LogP contribution in [0.15, 0.2) is 64.2 Å². The lowest BCUT2D eigenvalue weighted by atomic mass is 10.2. The van der Waals surface area contributed by atoms with Crippen LogP contribution in [0.25, 0.3) is 0 Å². The zero-order valence-corrected chi connectivity index (χ0v) is 11.1. The van der Waals surface area contributed by atoms with E-state index in [1.54, 1.807) is 18.3 Å². The molecule has 0 saturated carbocycles. The minimum Gasteiger partial charge on any atom is -0.267 e. The van der Waals surface area contributed by atoms with Gasteiger partial charge in [-0.25, -0.2) is 5.43 Å². The molecule has 0 unspecified atom stereocenters. The highest BCUT2D eigenvalue weighted by molar-refractivity contribution is 9.10. The second-order valence-electron chi connectivity index (χ2n) is 3.62. The fraction of sp³-hybridized carbons (Fsp3) is 0. The summed E-state index contributed by atoms with van der Waals surface area (Å²) in [5.41, 5.74) is 3.99. The topological polar surface area (TPSA) is 41.5 Å². The Bertz CT molecular complexity index is 550. The maximum absolute atomic E-state index is 11.7. The van der Waals surface area contributed by atoms with Crippen molar-refractivity contribution in [2.24, 2.45) is 5.10 Å². The van der Waals surface area contributed by atoms with Crippen LogP contribution in [0.5, 0.6) is 0 Å². The van der Waals surface area contributed by atoms with E-state index in [0.29, 0.717) is 5.56 Å². The number of nitrogens with one attached hydrogen (secondary N) is 1. The van der Waals surface area contributed by atoms with E-state index in [1.807, 2.05) is 42.5 Å². The summed E-state index contributed by atoms with van der Waals surface area (Å²) in [5, 5.41) is 3.90. The molecule has 3 nitrogen and oxygen atoms in total. The number of carbonyl (C=O) groups excluding carboxylic acids is 1. The molecule has 0 aliphatic heterocycles. The Morgan fingerprint density at radius 2 is 1.72 bits per heavy atom. The second kappa shape index (κ2) is 6.12. The summed E-state index contributed by atoms with van der Waals surface area (Å²) < 4.78 is 0.937. The molecule has 1 N–H and O–H groups in total. The molecule has 0 fully saturated rings. The summed E-state index contributed by atoms with van der Waals surface area (Å²) in [4.78, 5) is 11.7. The number of amides is 1. The lowest BCUT2D eigenvalue weighted by Crippen LogP contribution is -2.17. The van der Waals surface area contributed by atoms with Crippen molar-refractivity contribution < 1.29 is 4.79 Å². The monoisotopic (exact) mass is 302 g/mol. The van der Waals surface area contributed by atoms with Crippen molar-refractivity contribution in [3.8, 4) is 0 Å². The number of benzene rings is 2. The van der Waals surface area contributed by atoms with E-state index >= 15 is 0 Å². The number of hydrazone groups is 1. The molecule has 0 radical (unpaired) electrons.